The summed E-state index contributed by atoms with van der Waals surface area (Å²) in [6.07, 6.45) is 9.11. The Kier molecular flexibility index (Phi) is 2.85. The third kappa shape index (κ3) is 2.03. The lowest BCUT2D eigenvalue weighted by atomic mass is 9.88. The van der Waals surface area contributed by atoms with Gasteiger partial charge in [0.2, 0.25) is 0 Å². The highest BCUT2D eigenvalue weighted by Crippen LogP contribution is 2.35. The molecule has 0 unspecified atom stereocenters. The fraction of sp³-hybridized carbons (Fsp3) is 0.909. The summed E-state index contributed by atoms with van der Waals surface area (Å²) < 4.78 is 5.69. The Morgan fingerprint density at radius 1 is 1.08 bits per heavy atom. The second kappa shape index (κ2) is 4.11. The van der Waals surface area contributed by atoms with Gasteiger partial charge in [0.15, 0.2) is 0 Å². The Morgan fingerprint density at radius 3 is 2.62 bits per heavy atom. The van der Waals surface area contributed by atoms with Gasteiger partial charge in [0.05, 0.1) is 12.2 Å². The van der Waals surface area contributed by atoms with Gasteiger partial charge >= 0.3 is 0 Å². The Morgan fingerprint density at radius 2 is 1.85 bits per heavy atom. The summed E-state index contributed by atoms with van der Waals surface area (Å²) in [5.41, 5.74) is 0. The Balaban J connectivity index is 1.95. The summed E-state index contributed by atoms with van der Waals surface area (Å²) in [6.45, 7) is 0. The molecule has 2 heteroatoms. The Hall–Kier alpha value is -0.550. The van der Waals surface area contributed by atoms with Crippen molar-refractivity contribution in [2.45, 2.75) is 57.2 Å². The van der Waals surface area contributed by atoms with E-state index in [2.05, 4.69) is 6.07 Å². The SMILES string of the molecule is N#C[C@@H]1C[C@@H]2CCCCCC[C@H]2O1. The van der Waals surface area contributed by atoms with E-state index in [1.807, 2.05) is 0 Å². The third-order valence-corrected chi connectivity index (χ3v) is 3.34. The van der Waals surface area contributed by atoms with Crippen molar-refractivity contribution in [2.75, 3.05) is 0 Å². The molecule has 1 saturated carbocycles. The molecule has 1 aliphatic heterocycles. The van der Waals surface area contributed by atoms with Crippen molar-refractivity contribution in [3.63, 3.8) is 0 Å². The second-order valence-electron chi connectivity index (χ2n) is 4.28. The molecule has 0 aromatic rings. The average Bonchev–Trinajstić information content (AvgIpc) is 2.47. The van der Waals surface area contributed by atoms with E-state index in [1.54, 1.807) is 0 Å². The first-order chi connectivity index (χ1) is 6.40. The summed E-state index contributed by atoms with van der Waals surface area (Å²) in [5.74, 6) is 0.685. The first-order valence-corrected chi connectivity index (χ1v) is 5.45. The molecule has 72 valence electrons. The van der Waals surface area contributed by atoms with E-state index in [0.717, 1.165) is 6.42 Å². The molecule has 1 saturated heterocycles. The number of hydrogen-bond donors (Lipinski definition) is 0. The summed E-state index contributed by atoms with van der Waals surface area (Å²) >= 11 is 0. The van der Waals surface area contributed by atoms with Gasteiger partial charge in [-0.3, -0.25) is 0 Å². The summed E-state index contributed by atoms with van der Waals surface area (Å²) in [5, 5.41) is 8.78. The van der Waals surface area contributed by atoms with Crippen molar-refractivity contribution in [3.05, 3.63) is 0 Å². The molecule has 3 atom stereocenters. The molecule has 0 N–H and O–H groups in total. The largest absolute Gasteiger partial charge is 0.360 e. The van der Waals surface area contributed by atoms with Crippen LogP contribution in [0, 0.1) is 17.2 Å². The molecule has 1 aliphatic carbocycles. The number of ether oxygens (including phenoxy) is 1. The number of fused-ring (bicyclic) bond motifs is 1. The molecular weight excluding hydrogens is 162 g/mol. The van der Waals surface area contributed by atoms with Crippen LogP contribution in [-0.2, 0) is 4.74 Å². The van der Waals surface area contributed by atoms with Crippen LogP contribution in [-0.4, -0.2) is 12.2 Å². The molecule has 0 radical (unpaired) electrons. The maximum absolute atomic E-state index is 8.78. The highest BCUT2D eigenvalue weighted by molar-refractivity contribution is 4.94. The van der Waals surface area contributed by atoms with Crippen LogP contribution in [0.15, 0.2) is 0 Å². The minimum Gasteiger partial charge on any atom is -0.360 e. The molecule has 2 nitrogen and oxygen atoms in total. The summed E-state index contributed by atoms with van der Waals surface area (Å²) in [4.78, 5) is 0. The van der Waals surface area contributed by atoms with Crippen molar-refractivity contribution in [1.82, 2.24) is 0 Å². The highest BCUT2D eigenvalue weighted by Gasteiger charge is 2.34. The monoisotopic (exact) mass is 179 g/mol. The van der Waals surface area contributed by atoms with E-state index < -0.39 is 0 Å². The molecule has 2 aliphatic rings. The lowest BCUT2D eigenvalue weighted by Crippen LogP contribution is -2.17. The zero-order valence-electron chi connectivity index (χ0n) is 8.04. The molecule has 0 aromatic heterocycles. The topological polar surface area (TPSA) is 33.0 Å². The lowest BCUT2D eigenvalue weighted by molar-refractivity contribution is 0.0482. The number of hydrogen-bond acceptors (Lipinski definition) is 2. The van der Waals surface area contributed by atoms with Crippen LogP contribution in [0.3, 0.4) is 0 Å². The molecule has 13 heavy (non-hydrogen) atoms. The second-order valence-corrected chi connectivity index (χ2v) is 4.28. The maximum atomic E-state index is 8.78. The van der Waals surface area contributed by atoms with E-state index in [-0.39, 0.29) is 6.10 Å². The van der Waals surface area contributed by atoms with Crippen LogP contribution >= 0.6 is 0 Å². The molecule has 2 rings (SSSR count). The van der Waals surface area contributed by atoms with Gasteiger partial charge in [-0.25, -0.2) is 0 Å². The summed E-state index contributed by atoms with van der Waals surface area (Å²) in [6, 6.07) is 2.24. The van der Waals surface area contributed by atoms with Crippen molar-refractivity contribution in [1.29, 1.82) is 5.26 Å². The van der Waals surface area contributed by atoms with Crippen LogP contribution in [0.25, 0.3) is 0 Å². The van der Waals surface area contributed by atoms with E-state index >= 15 is 0 Å². The van der Waals surface area contributed by atoms with Crippen LogP contribution in [0.4, 0.5) is 0 Å². The van der Waals surface area contributed by atoms with Crippen LogP contribution < -0.4 is 0 Å². The fourth-order valence-electron chi connectivity index (χ4n) is 2.60. The summed E-state index contributed by atoms with van der Waals surface area (Å²) in [7, 11) is 0. The third-order valence-electron chi connectivity index (χ3n) is 3.34. The van der Waals surface area contributed by atoms with Gasteiger partial charge < -0.3 is 4.74 Å². The predicted octanol–water partition coefficient (Wildman–Crippen LogP) is 2.64. The van der Waals surface area contributed by atoms with Crippen LogP contribution in [0.5, 0.6) is 0 Å². The molecule has 0 amide bonds. The molecule has 0 spiro atoms. The molecule has 0 bridgehead atoms. The Labute approximate surface area is 79.9 Å². The number of nitrogens with zero attached hydrogens (tertiary/aromatic N) is 1. The van der Waals surface area contributed by atoms with Crippen molar-refractivity contribution >= 4 is 0 Å². The van der Waals surface area contributed by atoms with Crippen molar-refractivity contribution in [2.24, 2.45) is 5.92 Å². The standard InChI is InChI=1S/C11H17NO/c12-8-10-7-9-5-3-1-2-4-6-11(9)13-10/h9-11H,1-7H2/t9-,10-,11+/m0/s1. The zero-order chi connectivity index (χ0) is 9.10. The van der Waals surface area contributed by atoms with E-state index in [0.29, 0.717) is 12.0 Å². The molecule has 0 aromatic carbocycles. The van der Waals surface area contributed by atoms with Gasteiger partial charge in [0, 0.05) is 0 Å². The molecular formula is C11H17NO. The molecule has 1 heterocycles. The fourth-order valence-corrected chi connectivity index (χ4v) is 2.60. The van der Waals surface area contributed by atoms with E-state index in [9.17, 15) is 0 Å². The zero-order valence-corrected chi connectivity index (χ0v) is 8.04. The highest BCUT2D eigenvalue weighted by atomic mass is 16.5. The number of rotatable bonds is 0. The van der Waals surface area contributed by atoms with Gasteiger partial charge in [-0.05, 0) is 25.2 Å². The first kappa shape index (κ1) is 9.02. The van der Waals surface area contributed by atoms with Crippen LogP contribution in [0.1, 0.15) is 44.9 Å². The van der Waals surface area contributed by atoms with Gasteiger partial charge in [-0.2, -0.15) is 5.26 Å². The maximum Gasteiger partial charge on any atom is 0.144 e. The van der Waals surface area contributed by atoms with Crippen molar-refractivity contribution in [3.8, 4) is 6.07 Å². The van der Waals surface area contributed by atoms with Crippen molar-refractivity contribution < 1.29 is 4.74 Å². The number of nitriles is 1. The quantitative estimate of drug-likeness (QED) is 0.572. The first-order valence-electron chi connectivity index (χ1n) is 5.45. The Bertz CT molecular complexity index is 193. The predicted molar refractivity (Wildman–Crippen MR) is 50.1 cm³/mol. The van der Waals surface area contributed by atoms with Gasteiger partial charge in [0.1, 0.15) is 6.10 Å². The van der Waals surface area contributed by atoms with Gasteiger partial charge in [-0.1, -0.05) is 25.7 Å². The average molecular weight is 179 g/mol. The van der Waals surface area contributed by atoms with Crippen LogP contribution in [0.2, 0.25) is 0 Å². The van der Waals surface area contributed by atoms with E-state index in [1.165, 1.54) is 38.5 Å². The van der Waals surface area contributed by atoms with E-state index in [4.69, 9.17) is 10.00 Å². The van der Waals surface area contributed by atoms with Gasteiger partial charge in [0.25, 0.3) is 0 Å². The minimum absolute atomic E-state index is 0.104. The lowest BCUT2D eigenvalue weighted by Gasteiger charge is -2.20. The smallest absolute Gasteiger partial charge is 0.144 e. The van der Waals surface area contributed by atoms with Gasteiger partial charge in [-0.15, -0.1) is 0 Å². The molecule has 2 fully saturated rings. The minimum atomic E-state index is -0.104. The normalized spacial score (nSPS) is 40.1.